The topological polar surface area (TPSA) is 66.4 Å². The molecule has 3 aliphatic rings. The Morgan fingerprint density at radius 3 is 3.00 bits per heavy atom. The van der Waals surface area contributed by atoms with Gasteiger partial charge in [-0.25, -0.2) is 4.79 Å². The second-order valence-corrected chi connectivity index (χ2v) is 7.70. The van der Waals surface area contributed by atoms with Gasteiger partial charge in [0.1, 0.15) is 12.1 Å². The van der Waals surface area contributed by atoms with Crippen molar-refractivity contribution in [1.29, 1.82) is 0 Å². The average Bonchev–Trinajstić information content (AvgIpc) is 3.16. The quantitative estimate of drug-likeness (QED) is 0.808. The van der Waals surface area contributed by atoms with Crippen LogP contribution in [0.1, 0.15) is 58.8 Å². The van der Waals surface area contributed by atoms with Gasteiger partial charge in [-0.2, -0.15) is 0 Å². The Hall–Kier alpha value is -1.43. The van der Waals surface area contributed by atoms with Crippen molar-refractivity contribution in [1.82, 2.24) is 4.90 Å². The summed E-state index contributed by atoms with van der Waals surface area (Å²) in [6, 6.07) is 3.70. The van der Waals surface area contributed by atoms with Crippen molar-refractivity contribution >= 4 is 5.97 Å². The van der Waals surface area contributed by atoms with Gasteiger partial charge in [0.25, 0.3) is 0 Å². The maximum absolute atomic E-state index is 11.7. The van der Waals surface area contributed by atoms with Crippen LogP contribution >= 0.6 is 0 Å². The van der Waals surface area contributed by atoms with Gasteiger partial charge in [0, 0.05) is 31.4 Å². The Morgan fingerprint density at radius 1 is 1.38 bits per heavy atom. The van der Waals surface area contributed by atoms with Crippen LogP contribution in [0.15, 0.2) is 12.1 Å². The second kappa shape index (κ2) is 6.14. The number of benzene rings is 1. The highest BCUT2D eigenvalue weighted by Crippen LogP contribution is 2.31. The van der Waals surface area contributed by atoms with Crippen molar-refractivity contribution in [2.75, 3.05) is 26.2 Å². The number of nitrogens with two attached hydrogens (primary N) is 1. The van der Waals surface area contributed by atoms with Crippen molar-refractivity contribution in [2.45, 2.75) is 50.9 Å². The van der Waals surface area contributed by atoms with Gasteiger partial charge in [-0.15, -0.1) is 0 Å². The van der Waals surface area contributed by atoms with Gasteiger partial charge in [0.05, 0.1) is 24.8 Å². The maximum Gasteiger partial charge on any atom is 0.338 e. The van der Waals surface area contributed by atoms with Crippen LogP contribution in [-0.4, -0.2) is 47.7 Å². The number of rotatable bonds is 3. The molecule has 1 aromatic rings. The lowest BCUT2D eigenvalue weighted by Gasteiger charge is -2.38. The summed E-state index contributed by atoms with van der Waals surface area (Å²) < 4.78 is 5.12. The SMILES string of the molecule is Cc1c([C@@H](O)CN2CCCC3(CCC[NH2+]3)C2)ccc2c1COC2=O. The summed E-state index contributed by atoms with van der Waals surface area (Å²) in [4.78, 5) is 14.1. The number of quaternary nitrogens is 1. The third kappa shape index (κ3) is 2.75. The molecule has 0 bridgehead atoms. The van der Waals surface area contributed by atoms with Crippen molar-refractivity contribution in [3.8, 4) is 0 Å². The van der Waals surface area contributed by atoms with Gasteiger partial charge >= 0.3 is 5.97 Å². The summed E-state index contributed by atoms with van der Waals surface area (Å²) in [5, 5.41) is 13.3. The fourth-order valence-corrected chi connectivity index (χ4v) is 4.82. The molecule has 2 saturated heterocycles. The third-order valence-corrected chi connectivity index (χ3v) is 6.14. The molecular weight excluding hydrogens is 304 g/mol. The van der Waals surface area contributed by atoms with Gasteiger partial charge in [-0.3, -0.25) is 4.90 Å². The summed E-state index contributed by atoms with van der Waals surface area (Å²) in [5.74, 6) is -0.246. The molecule has 1 unspecified atom stereocenters. The number of ether oxygens (including phenoxy) is 1. The molecule has 0 saturated carbocycles. The zero-order chi connectivity index (χ0) is 16.7. The first-order valence-corrected chi connectivity index (χ1v) is 9.12. The van der Waals surface area contributed by atoms with Crippen molar-refractivity contribution < 1.29 is 20.0 Å². The molecule has 3 aliphatic heterocycles. The molecule has 4 rings (SSSR count). The van der Waals surface area contributed by atoms with Gasteiger partial charge in [-0.05, 0) is 37.1 Å². The van der Waals surface area contributed by atoms with Crippen LogP contribution in [0.5, 0.6) is 0 Å². The smallest absolute Gasteiger partial charge is 0.338 e. The minimum Gasteiger partial charge on any atom is -0.457 e. The van der Waals surface area contributed by atoms with E-state index in [9.17, 15) is 9.90 Å². The molecule has 130 valence electrons. The zero-order valence-electron chi connectivity index (χ0n) is 14.4. The van der Waals surface area contributed by atoms with E-state index in [-0.39, 0.29) is 5.97 Å². The lowest BCUT2D eigenvalue weighted by Crippen LogP contribution is -2.96. The number of carbonyl (C=O) groups is 1. The van der Waals surface area contributed by atoms with E-state index >= 15 is 0 Å². The molecule has 0 aromatic heterocycles. The first kappa shape index (κ1) is 16.1. The predicted octanol–water partition coefficient (Wildman–Crippen LogP) is 0.891. The molecule has 5 heteroatoms. The molecule has 3 N–H and O–H groups in total. The van der Waals surface area contributed by atoms with Gasteiger partial charge in [0.15, 0.2) is 0 Å². The highest BCUT2D eigenvalue weighted by atomic mass is 16.5. The molecule has 24 heavy (non-hydrogen) atoms. The van der Waals surface area contributed by atoms with Crippen LogP contribution in [0.25, 0.3) is 0 Å². The van der Waals surface area contributed by atoms with E-state index < -0.39 is 6.10 Å². The first-order chi connectivity index (χ1) is 11.6. The van der Waals surface area contributed by atoms with Crippen molar-refractivity contribution in [2.24, 2.45) is 0 Å². The minimum absolute atomic E-state index is 0.246. The summed E-state index contributed by atoms with van der Waals surface area (Å²) in [7, 11) is 0. The molecule has 0 radical (unpaired) electrons. The number of cyclic esters (lactones) is 1. The highest BCUT2D eigenvalue weighted by Gasteiger charge is 2.41. The summed E-state index contributed by atoms with van der Waals surface area (Å²) in [6.07, 6.45) is 4.62. The number of piperidine rings is 1. The molecule has 3 heterocycles. The molecule has 1 spiro atoms. The largest absolute Gasteiger partial charge is 0.457 e. The fourth-order valence-electron chi connectivity index (χ4n) is 4.82. The second-order valence-electron chi connectivity index (χ2n) is 7.70. The molecule has 5 nitrogen and oxygen atoms in total. The number of carbonyl (C=O) groups excluding carboxylic acids is 1. The highest BCUT2D eigenvalue weighted by molar-refractivity contribution is 5.93. The van der Waals surface area contributed by atoms with Crippen LogP contribution in [0, 0.1) is 6.92 Å². The lowest BCUT2D eigenvalue weighted by molar-refractivity contribution is -0.710. The van der Waals surface area contributed by atoms with E-state index in [4.69, 9.17) is 4.74 Å². The van der Waals surface area contributed by atoms with Crippen molar-refractivity contribution in [3.63, 3.8) is 0 Å². The van der Waals surface area contributed by atoms with Crippen LogP contribution in [-0.2, 0) is 11.3 Å². The normalized spacial score (nSPS) is 28.2. The fraction of sp³-hybridized carbons (Fsp3) is 0.632. The predicted molar refractivity (Wildman–Crippen MR) is 89.7 cm³/mol. The minimum atomic E-state index is -0.512. The van der Waals surface area contributed by atoms with Gasteiger partial charge in [0.2, 0.25) is 0 Å². The van der Waals surface area contributed by atoms with Crippen LogP contribution < -0.4 is 5.32 Å². The number of hydrogen-bond donors (Lipinski definition) is 2. The van der Waals surface area contributed by atoms with E-state index in [1.807, 2.05) is 13.0 Å². The summed E-state index contributed by atoms with van der Waals surface area (Å²) in [6.45, 7) is 6.39. The van der Waals surface area contributed by atoms with Crippen LogP contribution in [0.4, 0.5) is 0 Å². The van der Waals surface area contributed by atoms with E-state index in [0.29, 0.717) is 24.3 Å². The number of likely N-dealkylation sites (tertiary alicyclic amines) is 1. The number of esters is 1. The Balaban J connectivity index is 1.48. The summed E-state index contributed by atoms with van der Waals surface area (Å²) >= 11 is 0. The molecular formula is C19H27N2O3+. The molecule has 0 aliphatic carbocycles. The Labute approximate surface area is 143 Å². The van der Waals surface area contributed by atoms with E-state index in [0.717, 1.165) is 29.8 Å². The summed E-state index contributed by atoms with van der Waals surface area (Å²) in [5.41, 5.74) is 3.93. The molecule has 2 fully saturated rings. The standard InChI is InChI=1S/C19H26N2O3/c1-13-14(4-5-15-16(13)11-24-18(15)23)17(22)10-21-9-3-7-19(12-21)6-2-8-20-19/h4-5,17,20,22H,2-3,6-12H2,1H3/p+1/t17-,19?/m0/s1. The van der Waals surface area contributed by atoms with Crippen LogP contribution in [0.2, 0.25) is 0 Å². The maximum atomic E-state index is 11.7. The van der Waals surface area contributed by atoms with Gasteiger partial charge in [-0.1, -0.05) is 6.07 Å². The van der Waals surface area contributed by atoms with Crippen LogP contribution in [0.3, 0.4) is 0 Å². The Bertz CT molecular complexity index is 652. The number of fused-ring (bicyclic) bond motifs is 1. The molecule has 2 atom stereocenters. The first-order valence-electron chi connectivity index (χ1n) is 9.12. The molecule has 1 aromatic carbocycles. The lowest BCUT2D eigenvalue weighted by atomic mass is 9.87. The monoisotopic (exact) mass is 331 g/mol. The number of hydrogen-bond acceptors (Lipinski definition) is 4. The third-order valence-electron chi connectivity index (χ3n) is 6.14. The Kier molecular flexibility index (Phi) is 4.11. The number of nitrogens with zero attached hydrogens (tertiary/aromatic N) is 1. The van der Waals surface area contributed by atoms with E-state index in [1.54, 1.807) is 6.07 Å². The van der Waals surface area contributed by atoms with E-state index in [1.165, 1.54) is 32.2 Å². The number of β-amino-alcohol motifs (C(OH)–C–C–N with tert-alkyl or cyclic N) is 1. The van der Waals surface area contributed by atoms with Crippen molar-refractivity contribution in [3.05, 3.63) is 34.4 Å². The number of aliphatic hydroxyl groups is 1. The van der Waals surface area contributed by atoms with Gasteiger partial charge < -0.3 is 15.2 Å². The molecule has 0 amide bonds. The number of aliphatic hydroxyl groups excluding tert-OH is 1. The Morgan fingerprint density at radius 2 is 2.21 bits per heavy atom. The average molecular weight is 331 g/mol. The van der Waals surface area contributed by atoms with E-state index in [2.05, 4.69) is 10.2 Å². The zero-order valence-corrected chi connectivity index (χ0v) is 14.4.